The van der Waals surface area contributed by atoms with Gasteiger partial charge in [0.05, 0.1) is 12.2 Å². The van der Waals surface area contributed by atoms with Crippen LogP contribution in [-0.4, -0.2) is 14.8 Å². The summed E-state index contributed by atoms with van der Waals surface area (Å²) in [6, 6.07) is -0.184. The fourth-order valence-electron chi connectivity index (χ4n) is 1.79. The Bertz CT molecular complexity index is 561. The summed E-state index contributed by atoms with van der Waals surface area (Å²) in [6.07, 6.45) is -0.118. The van der Waals surface area contributed by atoms with Crippen LogP contribution < -0.4 is 5.32 Å². The van der Waals surface area contributed by atoms with E-state index in [-0.39, 0.29) is 6.04 Å². The quantitative estimate of drug-likeness (QED) is 0.923. The Morgan fingerprint density at radius 3 is 2.70 bits per heavy atom. The van der Waals surface area contributed by atoms with Crippen molar-refractivity contribution in [2.24, 2.45) is 7.05 Å². The molecule has 2 heterocycles. The molecule has 0 aliphatic rings. The van der Waals surface area contributed by atoms with Crippen LogP contribution in [0.5, 0.6) is 0 Å². The third-order valence-corrected chi connectivity index (χ3v) is 3.79. The molecule has 0 unspecified atom stereocenters. The Kier molecular flexibility index (Phi) is 4.44. The molecular formula is C12H15F3N4S. The number of hydrogen-bond donors (Lipinski definition) is 1. The van der Waals surface area contributed by atoms with Gasteiger partial charge < -0.3 is 5.32 Å². The zero-order chi connectivity index (χ0) is 14.8. The van der Waals surface area contributed by atoms with Crippen molar-refractivity contribution in [3.05, 3.63) is 34.0 Å². The number of hydrogen-bond acceptors (Lipinski definition) is 4. The maximum atomic E-state index is 12.5. The second-order valence-corrected chi connectivity index (χ2v) is 5.32. The molecule has 0 aliphatic carbocycles. The van der Waals surface area contributed by atoms with E-state index >= 15 is 0 Å². The molecule has 0 saturated carbocycles. The predicted octanol–water partition coefficient (Wildman–Crippen LogP) is 3.14. The summed E-state index contributed by atoms with van der Waals surface area (Å²) in [4.78, 5) is 3.68. The number of nitrogens with zero attached hydrogens (tertiary/aromatic N) is 3. The Morgan fingerprint density at radius 2 is 2.20 bits per heavy atom. The zero-order valence-corrected chi connectivity index (χ0v) is 11.9. The van der Waals surface area contributed by atoms with E-state index in [0.29, 0.717) is 18.0 Å². The molecule has 0 aliphatic heterocycles. The van der Waals surface area contributed by atoms with Crippen LogP contribution in [0.15, 0.2) is 17.8 Å². The largest absolute Gasteiger partial charge is 0.434 e. The maximum Gasteiger partial charge on any atom is 0.434 e. The summed E-state index contributed by atoms with van der Waals surface area (Å²) >= 11 is 1.04. The van der Waals surface area contributed by atoms with Crippen LogP contribution in [0.3, 0.4) is 0 Å². The zero-order valence-electron chi connectivity index (χ0n) is 11.1. The fraction of sp³-hybridized carbons (Fsp3) is 0.500. The molecule has 0 spiro atoms. The molecule has 0 radical (unpaired) electrons. The molecule has 2 rings (SSSR count). The first kappa shape index (κ1) is 15.0. The van der Waals surface area contributed by atoms with E-state index in [9.17, 15) is 13.2 Å². The summed E-state index contributed by atoms with van der Waals surface area (Å²) in [7, 11) is 1.82. The number of aryl methyl sites for hydroxylation is 1. The predicted molar refractivity (Wildman–Crippen MR) is 70.2 cm³/mol. The number of nitrogens with one attached hydrogen (secondary N) is 1. The normalized spacial score (nSPS) is 13.7. The summed E-state index contributed by atoms with van der Waals surface area (Å²) in [5, 5.41) is 8.77. The molecular weight excluding hydrogens is 289 g/mol. The lowest BCUT2D eigenvalue weighted by Crippen LogP contribution is -2.20. The van der Waals surface area contributed by atoms with Gasteiger partial charge in [0, 0.05) is 30.7 Å². The topological polar surface area (TPSA) is 42.7 Å². The molecule has 1 atom stereocenters. The highest BCUT2D eigenvalue weighted by Gasteiger charge is 2.34. The average molecular weight is 304 g/mol. The van der Waals surface area contributed by atoms with Gasteiger partial charge in [0.1, 0.15) is 5.01 Å². The van der Waals surface area contributed by atoms with Crippen LogP contribution in [0, 0.1) is 0 Å². The number of thiazole rings is 1. The highest BCUT2D eigenvalue weighted by Crippen LogP contribution is 2.32. The first-order chi connectivity index (χ1) is 9.40. The second kappa shape index (κ2) is 5.92. The highest BCUT2D eigenvalue weighted by molar-refractivity contribution is 7.09. The minimum atomic E-state index is -4.38. The first-order valence-corrected chi connectivity index (χ1v) is 7.01. The molecule has 0 fully saturated rings. The molecule has 20 heavy (non-hydrogen) atoms. The SMILES string of the molecule is CC[C@H](NCc1cnn(C)c1)c1nc(C(F)(F)F)cs1. The summed E-state index contributed by atoms with van der Waals surface area (Å²) in [5.41, 5.74) is 0.165. The van der Waals surface area contributed by atoms with Crippen molar-refractivity contribution >= 4 is 11.3 Å². The van der Waals surface area contributed by atoms with E-state index in [0.717, 1.165) is 22.3 Å². The van der Waals surface area contributed by atoms with E-state index in [4.69, 9.17) is 0 Å². The number of aromatic nitrogens is 3. The number of halogens is 3. The average Bonchev–Trinajstić information content (AvgIpc) is 2.99. The van der Waals surface area contributed by atoms with Gasteiger partial charge in [0.25, 0.3) is 0 Å². The molecule has 110 valence electrons. The number of alkyl halides is 3. The fourth-order valence-corrected chi connectivity index (χ4v) is 2.77. The lowest BCUT2D eigenvalue weighted by molar-refractivity contribution is -0.140. The van der Waals surface area contributed by atoms with Crippen molar-refractivity contribution in [1.82, 2.24) is 20.1 Å². The van der Waals surface area contributed by atoms with Crippen LogP contribution in [-0.2, 0) is 19.8 Å². The minimum Gasteiger partial charge on any atom is -0.304 e. The van der Waals surface area contributed by atoms with Crippen molar-refractivity contribution in [2.75, 3.05) is 0 Å². The molecule has 8 heteroatoms. The number of rotatable bonds is 5. The summed E-state index contributed by atoms with van der Waals surface area (Å²) in [5.74, 6) is 0. The third-order valence-electron chi connectivity index (χ3n) is 2.83. The monoisotopic (exact) mass is 304 g/mol. The molecule has 2 aromatic heterocycles. The van der Waals surface area contributed by atoms with E-state index < -0.39 is 11.9 Å². The van der Waals surface area contributed by atoms with Crippen molar-refractivity contribution in [3.8, 4) is 0 Å². The van der Waals surface area contributed by atoms with Crippen LogP contribution in [0.25, 0.3) is 0 Å². The van der Waals surface area contributed by atoms with Gasteiger partial charge in [-0.3, -0.25) is 4.68 Å². The Balaban J connectivity index is 2.03. The maximum absolute atomic E-state index is 12.5. The molecule has 2 aromatic rings. The van der Waals surface area contributed by atoms with Crippen molar-refractivity contribution in [1.29, 1.82) is 0 Å². The van der Waals surface area contributed by atoms with Gasteiger partial charge in [0.2, 0.25) is 0 Å². The van der Waals surface area contributed by atoms with Gasteiger partial charge in [-0.15, -0.1) is 11.3 Å². The molecule has 0 bridgehead atoms. The van der Waals surface area contributed by atoms with Crippen LogP contribution >= 0.6 is 11.3 Å². The van der Waals surface area contributed by atoms with Crippen molar-refractivity contribution in [3.63, 3.8) is 0 Å². The lowest BCUT2D eigenvalue weighted by Gasteiger charge is -2.13. The molecule has 1 N–H and O–H groups in total. The lowest BCUT2D eigenvalue weighted by atomic mass is 10.2. The molecule has 0 aromatic carbocycles. The van der Waals surface area contributed by atoms with Gasteiger partial charge in [-0.05, 0) is 6.42 Å². The molecule has 4 nitrogen and oxygen atoms in total. The minimum absolute atomic E-state index is 0.184. The molecule has 0 saturated heterocycles. The van der Waals surface area contributed by atoms with E-state index in [2.05, 4.69) is 15.4 Å². The summed E-state index contributed by atoms with van der Waals surface area (Å²) < 4.78 is 39.3. The second-order valence-electron chi connectivity index (χ2n) is 4.43. The standard InChI is InChI=1S/C12H15F3N4S/c1-3-9(16-4-8-5-17-19(2)6-8)11-18-10(7-20-11)12(13,14)15/h5-7,9,16H,3-4H2,1-2H3/t9-/m0/s1. The van der Waals surface area contributed by atoms with E-state index in [1.807, 2.05) is 20.2 Å². The van der Waals surface area contributed by atoms with E-state index in [1.54, 1.807) is 10.9 Å². The van der Waals surface area contributed by atoms with Gasteiger partial charge in [-0.25, -0.2) is 4.98 Å². The summed E-state index contributed by atoms with van der Waals surface area (Å²) in [6.45, 7) is 2.46. The Hall–Kier alpha value is -1.41. The van der Waals surface area contributed by atoms with Crippen LogP contribution in [0.4, 0.5) is 13.2 Å². The Labute approximate surface area is 118 Å². The van der Waals surface area contributed by atoms with Crippen LogP contribution in [0.2, 0.25) is 0 Å². The van der Waals surface area contributed by atoms with Gasteiger partial charge in [-0.2, -0.15) is 18.3 Å². The van der Waals surface area contributed by atoms with Crippen molar-refractivity contribution in [2.45, 2.75) is 32.1 Å². The van der Waals surface area contributed by atoms with Gasteiger partial charge >= 0.3 is 6.18 Å². The third kappa shape index (κ3) is 3.57. The van der Waals surface area contributed by atoms with Gasteiger partial charge in [0.15, 0.2) is 5.69 Å². The first-order valence-electron chi connectivity index (χ1n) is 6.13. The van der Waals surface area contributed by atoms with E-state index in [1.165, 1.54) is 0 Å². The molecule has 0 amide bonds. The Morgan fingerprint density at radius 1 is 1.45 bits per heavy atom. The van der Waals surface area contributed by atoms with Crippen molar-refractivity contribution < 1.29 is 13.2 Å². The van der Waals surface area contributed by atoms with Crippen LogP contribution in [0.1, 0.15) is 35.7 Å². The van der Waals surface area contributed by atoms with Gasteiger partial charge in [-0.1, -0.05) is 6.92 Å². The highest BCUT2D eigenvalue weighted by atomic mass is 32.1. The smallest absolute Gasteiger partial charge is 0.304 e.